The number of hydrogen-bond acceptors (Lipinski definition) is 2. The highest BCUT2D eigenvalue weighted by molar-refractivity contribution is 9.10. The Morgan fingerprint density at radius 3 is 2.59 bits per heavy atom. The van der Waals surface area contributed by atoms with Crippen molar-refractivity contribution in [1.29, 1.82) is 0 Å². The number of alkyl halides is 1. The summed E-state index contributed by atoms with van der Waals surface area (Å²) >= 11 is 14.5. The minimum Gasteiger partial charge on any atom is -0.211 e. The molecule has 1 aromatic carbocycles. The molecular formula is C10H12BrCl2NO2S. The zero-order chi connectivity index (χ0) is 12.9. The van der Waals surface area contributed by atoms with Crippen LogP contribution in [0.3, 0.4) is 0 Å². The molecule has 0 heterocycles. The summed E-state index contributed by atoms with van der Waals surface area (Å²) in [6, 6.07) is 4.49. The van der Waals surface area contributed by atoms with E-state index in [0.29, 0.717) is 21.9 Å². The smallest absolute Gasteiger partial charge is 0.211 e. The first kappa shape index (κ1) is 15.2. The lowest BCUT2D eigenvalue weighted by molar-refractivity contribution is 0.578. The van der Waals surface area contributed by atoms with Gasteiger partial charge in [0.25, 0.3) is 0 Å². The fraction of sp³-hybridized carbons (Fsp3) is 0.400. The predicted octanol–water partition coefficient (Wildman–Crippen LogP) is 3.40. The van der Waals surface area contributed by atoms with Gasteiger partial charge in [0.2, 0.25) is 10.0 Å². The molecule has 7 heteroatoms. The summed E-state index contributed by atoms with van der Waals surface area (Å²) in [5, 5.41) is 0.478. The van der Waals surface area contributed by atoms with Gasteiger partial charge in [0.05, 0.1) is 9.92 Å². The molecule has 0 radical (unpaired) electrons. The minimum atomic E-state index is -3.46. The van der Waals surface area contributed by atoms with Crippen LogP contribution in [0.4, 0.5) is 0 Å². The third-order valence-electron chi connectivity index (χ3n) is 2.05. The van der Waals surface area contributed by atoms with Gasteiger partial charge in [-0.25, -0.2) is 13.1 Å². The van der Waals surface area contributed by atoms with E-state index >= 15 is 0 Å². The summed E-state index contributed by atoms with van der Waals surface area (Å²) in [4.78, 5) is 0.194. The van der Waals surface area contributed by atoms with Crippen molar-refractivity contribution < 1.29 is 8.42 Å². The van der Waals surface area contributed by atoms with Gasteiger partial charge in [0.15, 0.2) is 0 Å². The Morgan fingerprint density at radius 1 is 1.29 bits per heavy atom. The molecule has 3 nitrogen and oxygen atoms in total. The van der Waals surface area contributed by atoms with E-state index in [0.717, 1.165) is 12.8 Å². The highest BCUT2D eigenvalue weighted by Crippen LogP contribution is 2.25. The number of unbranched alkanes of at least 4 members (excludes halogenated alkanes) is 1. The van der Waals surface area contributed by atoms with Crippen LogP contribution in [0.2, 0.25) is 5.02 Å². The molecule has 0 unspecified atom stereocenters. The fourth-order valence-electron chi connectivity index (χ4n) is 1.15. The summed E-state index contributed by atoms with van der Waals surface area (Å²) in [5.74, 6) is 0.536. The molecule has 1 aromatic rings. The first-order valence-corrected chi connectivity index (χ1v) is 8.17. The molecule has 1 rings (SSSR count). The SMILES string of the molecule is O=S(=O)(NCCCCCl)c1ccc(Cl)c(Br)c1. The molecule has 0 saturated heterocycles. The number of rotatable bonds is 6. The third kappa shape index (κ3) is 4.75. The summed E-state index contributed by atoms with van der Waals surface area (Å²) in [5.41, 5.74) is 0. The highest BCUT2D eigenvalue weighted by atomic mass is 79.9. The topological polar surface area (TPSA) is 46.2 Å². The van der Waals surface area contributed by atoms with Crippen molar-refractivity contribution in [3.8, 4) is 0 Å². The zero-order valence-electron chi connectivity index (χ0n) is 8.92. The van der Waals surface area contributed by atoms with Crippen LogP contribution in [0.25, 0.3) is 0 Å². The molecule has 96 valence electrons. The fourth-order valence-corrected chi connectivity index (χ4v) is 3.09. The molecule has 0 spiro atoms. The van der Waals surface area contributed by atoms with Crippen molar-refractivity contribution in [3.63, 3.8) is 0 Å². The van der Waals surface area contributed by atoms with Gasteiger partial charge in [0.1, 0.15) is 0 Å². The lowest BCUT2D eigenvalue weighted by atomic mass is 10.3. The summed E-state index contributed by atoms with van der Waals surface area (Å²) in [7, 11) is -3.46. The zero-order valence-corrected chi connectivity index (χ0v) is 12.8. The van der Waals surface area contributed by atoms with Crippen molar-refractivity contribution in [2.75, 3.05) is 12.4 Å². The van der Waals surface area contributed by atoms with Crippen LogP contribution < -0.4 is 4.72 Å². The third-order valence-corrected chi connectivity index (χ3v) is 4.99. The second-order valence-electron chi connectivity index (χ2n) is 3.37. The van der Waals surface area contributed by atoms with Crippen molar-refractivity contribution in [2.45, 2.75) is 17.7 Å². The van der Waals surface area contributed by atoms with Crippen LogP contribution in [-0.4, -0.2) is 20.8 Å². The lowest BCUT2D eigenvalue weighted by Gasteiger charge is -2.07. The molecule has 0 aliphatic carbocycles. The molecule has 0 aromatic heterocycles. The van der Waals surface area contributed by atoms with E-state index in [1.54, 1.807) is 6.07 Å². The normalized spacial score (nSPS) is 11.7. The molecule has 1 N–H and O–H groups in total. The summed E-state index contributed by atoms with van der Waals surface area (Å²) in [6.07, 6.45) is 1.51. The summed E-state index contributed by atoms with van der Waals surface area (Å²) < 4.78 is 26.8. The number of halogens is 3. The van der Waals surface area contributed by atoms with Crippen LogP contribution in [0.5, 0.6) is 0 Å². The van der Waals surface area contributed by atoms with E-state index in [-0.39, 0.29) is 4.90 Å². The Bertz CT molecular complexity index is 479. The summed E-state index contributed by atoms with van der Waals surface area (Å²) in [6.45, 7) is 0.384. The highest BCUT2D eigenvalue weighted by Gasteiger charge is 2.14. The number of sulfonamides is 1. The van der Waals surface area contributed by atoms with Crippen LogP contribution in [-0.2, 0) is 10.0 Å². The second-order valence-corrected chi connectivity index (χ2v) is 6.78. The molecule has 0 aliphatic rings. The van der Waals surface area contributed by atoms with Gasteiger partial charge in [-0.3, -0.25) is 0 Å². The van der Waals surface area contributed by atoms with Crippen LogP contribution in [0.15, 0.2) is 27.6 Å². The number of hydrogen-bond donors (Lipinski definition) is 1. The van der Waals surface area contributed by atoms with E-state index in [9.17, 15) is 8.42 Å². The Kier molecular flexibility index (Phi) is 6.23. The van der Waals surface area contributed by atoms with Crippen molar-refractivity contribution >= 4 is 49.2 Å². The molecule has 0 amide bonds. The van der Waals surface area contributed by atoms with Gasteiger partial charge in [-0.15, -0.1) is 11.6 Å². The molecule has 0 fully saturated rings. The van der Waals surface area contributed by atoms with Gasteiger partial charge in [-0.2, -0.15) is 0 Å². The Balaban J connectivity index is 2.72. The van der Waals surface area contributed by atoms with Gasteiger partial charge in [0, 0.05) is 16.9 Å². The van der Waals surface area contributed by atoms with E-state index in [1.165, 1.54) is 12.1 Å². The van der Waals surface area contributed by atoms with E-state index < -0.39 is 10.0 Å². The maximum atomic E-state index is 11.9. The second kappa shape index (κ2) is 6.95. The average molecular weight is 361 g/mol. The van der Waals surface area contributed by atoms with Gasteiger partial charge < -0.3 is 0 Å². The Labute approximate surface area is 120 Å². The maximum Gasteiger partial charge on any atom is 0.240 e. The van der Waals surface area contributed by atoms with Crippen molar-refractivity contribution in [1.82, 2.24) is 4.72 Å². The average Bonchev–Trinajstić information content (AvgIpc) is 2.28. The predicted molar refractivity (Wildman–Crippen MR) is 74.3 cm³/mol. The molecular weight excluding hydrogens is 349 g/mol. The Hall–Kier alpha value is 0.190. The maximum absolute atomic E-state index is 11.9. The van der Waals surface area contributed by atoms with Crippen molar-refractivity contribution in [3.05, 3.63) is 27.7 Å². The molecule has 0 bridgehead atoms. The first-order chi connectivity index (χ1) is 7.97. The van der Waals surface area contributed by atoms with Crippen LogP contribution >= 0.6 is 39.1 Å². The molecule has 0 aliphatic heterocycles. The van der Waals surface area contributed by atoms with Crippen LogP contribution in [0, 0.1) is 0 Å². The van der Waals surface area contributed by atoms with Crippen LogP contribution in [0.1, 0.15) is 12.8 Å². The minimum absolute atomic E-state index is 0.194. The van der Waals surface area contributed by atoms with Crippen molar-refractivity contribution in [2.24, 2.45) is 0 Å². The standard InChI is InChI=1S/C10H12BrCl2NO2S/c11-9-7-8(3-4-10(9)13)17(15,16)14-6-2-1-5-12/h3-4,7,14H,1-2,5-6H2. The van der Waals surface area contributed by atoms with E-state index in [2.05, 4.69) is 20.7 Å². The first-order valence-electron chi connectivity index (χ1n) is 4.98. The van der Waals surface area contributed by atoms with Gasteiger partial charge in [-0.1, -0.05) is 11.6 Å². The monoisotopic (exact) mass is 359 g/mol. The number of nitrogens with one attached hydrogen (secondary N) is 1. The Morgan fingerprint density at radius 2 is 2.00 bits per heavy atom. The molecule has 0 saturated carbocycles. The number of benzene rings is 1. The quantitative estimate of drug-likeness (QED) is 0.624. The molecule has 17 heavy (non-hydrogen) atoms. The molecule has 0 atom stereocenters. The van der Waals surface area contributed by atoms with Gasteiger partial charge >= 0.3 is 0 Å². The van der Waals surface area contributed by atoms with Gasteiger partial charge in [-0.05, 0) is 47.0 Å². The lowest BCUT2D eigenvalue weighted by Crippen LogP contribution is -2.24. The largest absolute Gasteiger partial charge is 0.240 e. The van der Waals surface area contributed by atoms with E-state index in [4.69, 9.17) is 23.2 Å². The van der Waals surface area contributed by atoms with E-state index in [1.807, 2.05) is 0 Å².